The fourth-order valence-corrected chi connectivity index (χ4v) is 2.27. The van der Waals surface area contributed by atoms with Crippen molar-refractivity contribution >= 4 is 11.6 Å². The standard InChI is InChI=1S/C15H22N4O2/c1-11-13(15(20)16-8-6-9-18(2)3)19-10-5-7-12(21-4)14(19)17-11/h5,7,10H,6,8-9H2,1-4H3,(H,16,20). The minimum Gasteiger partial charge on any atom is -0.493 e. The largest absolute Gasteiger partial charge is 0.493 e. The highest BCUT2D eigenvalue weighted by Crippen LogP contribution is 2.21. The summed E-state index contributed by atoms with van der Waals surface area (Å²) < 4.78 is 7.05. The van der Waals surface area contributed by atoms with Gasteiger partial charge in [-0.3, -0.25) is 9.20 Å². The molecule has 0 fully saturated rings. The molecular formula is C15H22N4O2. The average molecular weight is 290 g/mol. The predicted octanol–water partition coefficient (Wildman–Crippen LogP) is 1.33. The molecule has 2 aromatic rings. The first kappa shape index (κ1) is 15.3. The van der Waals surface area contributed by atoms with Crippen molar-refractivity contribution < 1.29 is 9.53 Å². The van der Waals surface area contributed by atoms with Gasteiger partial charge in [0, 0.05) is 12.7 Å². The molecule has 114 valence electrons. The Kier molecular flexibility index (Phi) is 4.80. The Labute approximate surface area is 124 Å². The van der Waals surface area contributed by atoms with Crippen LogP contribution in [0.1, 0.15) is 22.6 Å². The number of imidazole rings is 1. The Hall–Kier alpha value is -2.08. The lowest BCUT2D eigenvalue weighted by molar-refractivity contribution is 0.0946. The fraction of sp³-hybridized carbons (Fsp3) is 0.467. The maximum Gasteiger partial charge on any atom is 0.270 e. The number of hydrogen-bond acceptors (Lipinski definition) is 4. The number of rotatable bonds is 6. The van der Waals surface area contributed by atoms with E-state index in [0.29, 0.717) is 29.3 Å². The third-order valence-electron chi connectivity index (χ3n) is 3.29. The highest BCUT2D eigenvalue weighted by Gasteiger charge is 2.18. The van der Waals surface area contributed by atoms with Crippen LogP contribution in [-0.4, -0.2) is 54.5 Å². The summed E-state index contributed by atoms with van der Waals surface area (Å²) in [5, 5.41) is 2.94. The number of amides is 1. The van der Waals surface area contributed by atoms with Gasteiger partial charge in [-0.05, 0) is 46.1 Å². The first-order valence-corrected chi connectivity index (χ1v) is 6.99. The van der Waals surface area contributed by atoms with Crippen LogP contribution in [0.3, 0.4) is 0 Å². The highest BCUT2D eigenvalue weighted by molar-refractivity contribution is 5.94. The first-order chi connectivity index (χ1) is 10.0. The summed E-state index contributed by atoms with van der Waals surface area (Å²) in [7, 11) is 5.63. The molecule has 0 aromatic carbocycles. The smallest absolute Gasteiger partial charge is 0.270 e. The lowest BCUT2D eigenvalue weighted by Crippen LogP contribution is -2.28. The number of ether oxygens (including phenoxy) is 1. The second-order valence-electron chi connectivity index (χ2n) is 5.23. The van der Waals surface area contributed by atoms with Crippen LogP contribution >= 0.6 is 0 Å². The second kappa shape index (κ2) is 6.58. The van der Waals surface area contributed by atoms with E-state index in [2.05, 4.69) is 15.2 Å². The molecule has 6 nitrogen and oxygen atoms in total. The number of carbonyl (C=O) groups excluding carboxylic acids is 1. The Bertz CT molecular complexity index is 634. The van der Waals surface area contributed by atoms with Crippen LogP contribution in [0.4, 0.5) is 0 Å². The number of nitrogens with zero attached hydrogens (tertiary/aromatic N) is 3. The molecule has 0 saturated heterocycles. The van der Waals surface area contributed by atoms with Gasteiger partial charge >= 0.3 is 0 Å². The summed E-state index contributed by atoms with van der Waals surface area (Å²) in [6, 6.07) is 3.68. The number of hydrogen-bond donors (Lipinski definition) is 1. The van der Waals surface area contributed by atoms with E-state index in [1.54, 1.807) is 11.5 Å². The molecule has 0 radical (unpaired) electrons. The molecule has 0 spiro atoms. The zero-order chi connectivity index (χ0) is 15.4. The molecule has 2 rings (SSSR count). The third kappa shape index (κ3) is 3.33. The summed E-state index contributed by atoms with van der Waals surface area (Å²) in [5.41, 5.74) is 1.93. The number of methoxy groups -OCH3 is 1. The van der Waals surface area contributed by atoms with E-state index >= 15 is 0 Å². The zero-order valence-electron chi connectivity index (χ0n) is 13.0. The van der Waals surface area contributed by atoms with Gasteiger partial charge in [0.05, 0.1) is 12.8 Å². The van der Waals surface area contributed by atoms with Gasteiger partial charge in [-0.25, -0.2) is 4.98 Å². The lowest BCUT2D eigenvalue weighted by atomic mass is 10.3. The number of carbonyl (C=O) groups is 1. The first-order valence-electron chi connectivity index (χ1n) is 6.99. The van der Waals surface area contributed by atoms with Crippen LogP contribution in [0, 0.1) is 6.92 Å². The van der Waals surface area contributed by atoms with E-state index in [0.717, 1.165) is 13.0 Å². The second-order valence-corrected chi connectivity index (χ2v) is 5.23. The Morgan fingerprint density at radius 3 is 2.90 bits per heavy atom. The summed E-state index contributed by atoms with van der Waals surface area (Å²) >= 11 is 0. The van der Waals surface area contributed by atoms with Gasteiger partial charge in [0.1, 0.15) is 5.69 Å². The molecule has 6 heteroatoms. The molecule has 2 aromatic heterocycles. The molecule has 1 amide bonds. The van der Waals surface area contributed by atoms with Crippen LogP contribution in [0.2, 0.25) is 0 Å². The number of aryl methyl sites for hydroxylation is 1. The van der Waals surface area contributed by atoms with Crippen LogP contribution in [0.25, 0.3) is 5.65 Å². The fourth-order valence-electron chi connectivity index (χ4n) is 2.27. The van der Waals surface area contributed by atoms with E-state index in [1.807, 2.05) is 39.3 Å². The van der Waals surface area contributed by atoms with E-state index < -0.39 is 0 Å². The molecule has 0 atom stereocenters. The quantitative estimate of drug-likeness (QED) is 0.816. The molecule has 21 heavy (non-hydrogen) atoms. The number of fused-ring (bicyclic) bond motifs is 1. The molecule has 2 heterocycles. The molecule has 0 bridgehead atoms. The molecule has 0 aliphatic rings. The van der Waals surface area contributed by atoms with E-state index in [9.17, 15) is 4.79 Å². The van der Waals surface area contributed by atoms with Crippen molar-refractivity contribution in [3.63, 3.8) is 0 Å². The van der Waals surface area contributed by atoms with Crippen molar-refractivity contribution in [1.82, 2.24) is 19.6 Å². The topological polar surface area (TPSA) is 58.9 Å². The molecule has 0 aliphatic carbocycles. The molecule has 0 aliphatic heterocycles. The summed E-state index contributed by atoms with van der Waals surface area (Å²) in [6.07, 6.45) is 2.74. The van der Waals surface area contributed by atoms with Gasteiger partial charge in [-0.2, -0.15) is 0 Å². The van der Waals surface area contributed by atoms with Crippen molar-refractivity contribution in [2.45, 2.75) is 13.3 Å². The van der Waals surface area contributed by atoms with E-state index in [1.165, 1.54) is 0 Å². The van der Waals surface area contributed by atoms with E-state index in [4.69, 9.17) is 4.74 Å². The SMILES string of the molecule is COc1cccn2c(C(=O)NCCCN(C)C)c(C)nc12. The summed E-state index contributed by atoms with van der Waals surface area (Å²) in [4.78, 5) is 18.9. The van der Waals surface area contributed by atoms with Crippen molar-refractivity contribution in [2.75, 3.05) is 34.3 Å². The lowest BCUT2D eigenvalue weighted by Gasteiger charge is -2.10. The maximum atomic E-state index is 12.4. The summed E-state index contributed by atoms with van der Waals surface area (Å²) in [5.74, 6) is 0.555. The minimum atomic E-state index is -0.105. The molecule has 1 N–H and O–H groups in total. The van der Waals surface area contributed by atoms with E-state index in [-0.39, 0.29) is 5.91 Å². The molecule has 0 unspecified atom stereocenters. The van der Waals surface area contributed by atoms with Crippen LogP contribution in [0.5, 0.6) is 5.75 Å². The Morgan fingerprint density at radius 1 is 1.48 bits per heavy atom. The van der Waals surface area contributed by atoms with Crippen LogP contribution in [0.15, 0.2) is 18.3 Å². The van der Waals surface area contributed by atoms with Gasteiger partial charge in [0.15, 0.2) is 11.4 Å². The highest BCUT2D eigenvalue weighted by atomic mass is 16.5. The Morgan fingerprint density at radius 2 is 2.24 bits per heavy atom. The third-order valence-corrected chi connectivity index (χ3v) is 3.29. The normalized spacial score (nSPS) is 11.1. The van der Waals surface area contributed by atoms with Gasteiger partial charge < -0.3 is 15.0 Å². The monoisotopic (exact) mass is 290 g/mol. The van der Waals surface area contributed by atoms with Crippen molar-refractivity contribution in [3.05, 3.63) is 29.7 Å². The van der Waals surface area contributed by atoms with Gasteiger partial charge in [0.2, 0.25) is 0 Å². The Balaban J connectivity index is 2.17. The number of nitrogens with one attached hydrogen (secondary N) is 1. The average Bonchev–Trinajstić information content (AvgIpc) is 2.79. The van der Waals surface area contributed by atoms with Gasteiger partial charge in [-0.1, -0.05) is 0 Å². The van der Waals surface area contributed by atoms with Crippen LogP contribution in [-0.2, 0) is 0 Å². The number of aromatic nitrogens is 2. The van der Waals surface area contributed by atoms with Crippen molar-refractivity contribution in [2.24, 2.45) is 0 Å². The predicted molar refractivity (Wildman–Crippen MR) is 82.0 cm³/mol. The zero-order valence-corrected chi connectivity index (χ0v) is 13.0. The summed E-state index contributed by atoms with van der Waals surface area (Å²) in [6.45, 7) is 3.43. The van der Waals surface area contributed by atoms with Gasteiger partial charge in [-0.15, -0.1) is 0 Å². The van der Waals surface area contributed by atoms with Crippen LogP contribution < -0.4 is 10.1 Å². The van der Waals surface area contributed by atoms with Gasteiger partial charge in [0.25, 0.3) is 5.91 Å². The molecule has 0 saturated carbocycles. The molecular weight excluding hydrogens is 268 g/mol. The van der Waals surface area contributed by atoms with Crippen molar-refractivity contribution in [3.8, 4) is 5.75 Å². The number of pyridine rings is 1. The maximum absolute atomic E-state index is 12.4. The van der Waals surface area contributed by atoms with Crippen molar-refractivity contribution in [1.29, 1.82) is 0 Å². The minimum absolute atomic E-state index is 0.105.